The molecule has 4 rings (SSSR count). The lowest BCUT2D eigenvalue weighted by Gasteiger charge is -2.16. The number of aryl methyl sites for hydroxylation is 1. The van der Waals surface area contributed by atoms with Crippen LogP contribution in [0.5, 0.6) is 5.75 Å². The fraction of sp³-hybridized carbons (Fsp3) is 0.417. The first-order chi connectivity index (χ1) is 16.9. The minimum absolute atomic E-state index is 0.154. The van der Waals surface area contributed by atoms with Crippen LogP contribution in [0.3, 0.4) is 0 Å². The van der Waals surface area contributed by atoms with Crippen molar-refractivity contribution in [3.05, 3.63) is 50.1 Å². The summed E-state index contributed by atoms with van der Waals surface area (Å²) < 4.78 is 7.90. The summed E-state index contributed by atoms with van der Waals surface area (Å²) in [6.45, 7) is 4.45. The standard InChI is InChI=1S/C24H25Cl2N5O2S2/c1-3-31-22(14(2)33-19-11-15(25)9-10-18(19)26)29-30-24(31)34-13-21(32)28-23-17(12-27)16-7-5-4-6-8-20(16)35-23/h9-11,14H,3-8,13H2,1-2H3,(H,28,32). The SMILES string of the molecule is CCn1c(SCC(=O)Nc2sc3c(c2C#N)CCCCC3)nnc1C(C)Oc1cc(Cl)ccc1Cl. The normalized spacial score (nSPS) is 14.0. The second kappa shape index (κ2) is 11.7. The van der Waals surface area contributed by atoms with Crippen LogP contribution >= 0.6 is 46.3 Å². The van der Waals surface area contributed by atoms with Gasteiger partial charge in [-0.2, -0.15) is 5.26 Å². The van der Waals surface area contributed by atoms with Gasteiger partial charge in [0, 0.05) is 22.5 Å². The van der Waals surface area contributed by atoms with Crippen molar-refractivity contribution in [2.75, 3.05) is 11.1 Å². The summed E-state index contributed by atoms with van der Waals surface area (Å²) in [4.78, 5) is 14.0. The maximum absolute atomic E-state index is 12.7. The van der Waals surface area contributed by atoms with Crippen LogP contribution < -0.4 is 10.1 Å². The number of hydrogen-bond donors (Lipinski definition) is 1. The third kappa shape index (κ3) is 5.95. The van der Waals surface area contributed by atoms with Crippen molar-refractivity contribution >= 4 is 57.2 Å². The monoisotopic (exact) mass is 549 g/mol. The maximum atomic E-state index is 12.7. The molecular weight excluding hydrogens is 525 g/mol. The number of thiophene rings is 1. The Balaban J connectivity index is 1.42. The first-order valence-electron chi connectivity index (χ1n) is 11.4. The quantitative estimate of drug-likeness (QED) is 0.249. The van der Waals surface area contributed by atoms with Gasteiger partial charge in [-0.3, -0.25) is 4.79 Å². The highest BCUT2D eigenvalue weighted by molar-refractivity contribution is 7.99. The van der Waals surface area contributed by atoms with Gasteiger partial charge in [-0.05, 0) is 57.2 Å². The second-order valence-electron chi connectivity index (χ2n) is 8.14. The molecule has 0 radical (unpaired) electrons. The van der Waals surface area contributed by atoms with Gasteiger partial charge in [-0.25, -0.2) is 0 Å². The average Bonchev–Trinajstić information content (AvgIpc) is 3.32. The lowest BCUT2D eigenvalue weighted by molar-refractivity contribution is -0.113. The van der Waals surface area contributed by atoms with E-state index in [0.717, 1.165) is 31.2 Å². The molecule has 1 aliphatic rings. The molecule has 0 bridgehead atoms. The topological polar surface area (TPSA) is 92.8 Å². The van der Waals surface area contributed by atoms with Gasteiger partial charge in [-0.1, -0.05) is 41.4 Å². The molecular formula is C24H25Cl2N5O2S2. The highest BCUT2D eigenvalue weighted by atomic mass is 35.5. The largest absolute Gasteiger partial charge is 0.481 e. The van der Waals surface area contributed by atoms with Crippen LogP contribution in [-0.2, 0) is 24.2 Å². The Labute approximate surface area is 222 Å². The molecule has 0 fully saturated rings. The molecule has 11 heteroatoms. The Morgan fingerprint density at radius 3 is 2.89 bits per heavy atom. The first kappa shape index (κ1) is 25.8. The number of nitrogens with one attached hydrogen (secondary N) is 1. The van der Waals surface area contributed by atoms with Crippen molar-refractivity contribution in [3.63, 3.8) is 0 Å². The fourth-order valence-corrected chi connectivity index (χ4v) is 6.45. The van der Waals surface area contributed by atoms with Gasteiger partial charge in [0.05, 0.1) is 16.3 Å². The number of aromatic nitrogens is 3. The maximum Gasteiger partial charge on any atom is 0.235 e. The van der Waals surface area contributed by atoms with E-state index >= 15 is 0 Å². The van der Waals surface area contributed by atoms with Gasteiger partial charge in [-0.15, -0.1) is 21.5 Å². The van der Waals surface area contributed by atoms with Crippen molar-refractivity contribution in [1.82, 2.24) is 14.8 Å². The summed E-state index contributed by atoms with van der Waals surface area (Å²) >= 11 is 15.1. The zero-order valence-corrected chi connectivity index (χ0v) is 22.6. The third-order valence-corrected chi connectivity index (χ3v) is 8.46. The van der Waals surface area contributed by atoms with E-state index in [1.807, 2.05) is 18.4 Å². The summed E-state index contributed by atoms with van der Waals surface area (Å²) in [7, 11) is 0. The molecule has 1 N–H and O–H groups in total. The van der Waals surface area contributed by atoms with E-state index in [-0.39, 0.29) is 11.7 Å². The fourth-order valence-electron chi connectivity index (χ4n) is 4.06. The van der Waals surface area contributed by atoms with E-state index in [4.69, 9.17) is 27.9 Å². The van der Waals surface area contributed by atoms with Crippen LogP contribution in [0.1, 0.15) is 61.0 Å². The predicted octanol–water partition coefficient (Wildman–Crippen LogP) is 6.68. The summed E-state index contributed by atoms with van der Waals surface area (Å²) in [5, 5.41) is 23.5. The Hall–Kier alpha value is -2.25. The summed E-state index contributed by atoms with van der Waals surface area (Å²) in [5.41, 5.74) is 1.73. The molecule has 1 aromatic carbocycles. The number of nitrogens with zero attached hydrogens (tertiary/aromatic N) is 4. The summed E-state index contributed by atoms with van der Waals surface area (Å²) in [6, 6.07) is 7.34. The number of carbonyl (C=O) groups is 1. The van der Waals surface area contributed by atoms with Crippen molar-refractivity contribution in [3.8, 4) is 11.8 Å². The van der Waals surface area contributed by atoms with Crippen LogP contribution in [0.2, 0.25) is 10.0 Å². The van der Waals surface area contributed by atoms with E-state index in [2.05, 4.69) is 21.6 Å². The van der Waals surface area contributed by atoms with Crippen LogP contribution in [0.25, 0.3) is 0 Å². The Kier molecular flexibility index (Phi) is 8.60. The highest BCUT2D eigenvalue weighted by Crippen LogP contribution is 2.37. The molecule has 3 aromatic rings. The summed E-state index contributed by atoms with van der Waals surface area (Å²) in [5.74, 6) is 1.07. The van der Waals surface area contributed by atoms with Gasteiger partial charge >= 0.3 is 0 Å². The molecule has 2 aromatic heterocycles. The van der Waals surface area contributed by atoms with Gasteiger partial charge in [0.25, 0.3) is 0 Å². The Bertz CT molecular complexity index is 1270. The van der Waals surface area contributed by atoms with Crippen molar-refractivity contribution < 1.29 is 9.53 Å². The molecule has 0 aliphatic heterocycles. The van der Waals surface area contributed by atoms with E-state index in [0.29, 0.717) is 43.9 Å². The van der Waals surface area contributed by atoms with Crippen molar-refractivity contribution in [2.45, 2.75) is 63.8 Å². The highest BCUT2D eigenvalue weighted by Gasteiger charge is 2.23. The number of nitriles is 1. The van der Waals surface area contributed by atoms with E-state index in [1.165, 1.54) is 34.4 Å². The average molecular weight is 551 g/mol. The number of hydrogen-bond acceptors (Lipinski definition) is 7. The van der Waals surface area contributed by atoms with Crippen LogP contribution in [0, 0.1) is 11.3 Å². The molecule has 1 unspecified atom stereocenters. The molecule has 1 aliphatic carbocycles. The lowest BCUT2D eigenvalue weighted by Crippen LogP contribution is -2.15. The van der Waals surface area contributed by atoms with Gasteiger partial charge in [0.1, 0.15) is 16.8 Å². The van der Waals surface area contributed by atoms with E-state index < -0.39 is 6.10 Å². The number of fused-ring (bicyclic) bond motifs is 1. The molecule has 1 atom stereocenters. The molecule has 0 saturated carbocycles. The smallest absolute Gasteiger partial charge is 0.235 e. The predicted molar refractivity (Wildman–Crippen MR) is 141 cm³/mol. The second-order valence-corrected chi connectivity index (χ2v) is 11.0. The molecule has 184 valence electrons. The first-order valence-corrected chi connectivity index (χ1v) is 14.0. The Morgan fingerprint density at radius 1 is 1.31 bits per heavy atom. The van der Waals surface area contributed by atoms with Crippen LogP contribution in [0.4, 0.5) is 5.00 Å². The molecule has 7 nitrogen and oxygen atoms in total. The number of halogens is 2. The van der Waals surface area contributed by atoms with Crippen LogP contribution in [-0.4, -0.2) is 26.4 Å². The molecule has 0 saturated heterocycles. The molecule has 35 heavy (non-hydrogen) atoms. The van der Waals surface area contributed by atoms with Crippen molar-refractivity contribution in [1.29, 1.82) is 5.26 Å². The number of rotatable bonds is 8. The molecule has 0 spiro atoms. The minimum Gasteiger partial charge on any atom is -0.481 e. The number of amides is 1. The minimum atomic E-state index is -0.429. The number of thioether (sulfide) groups is 1. The van der Waals surface area contributed by atoms with Crippen molar-refractivity contribution in [2.24, 2.45) is 0 Å². The molecule has 1 amide bonds. The number of ether oxygens (including phenoxy) is 1. The number of carbonyl (C=O) groups excluding carboxylic acids is 1. The van der Waals surface area contributed by atoms with Gasteiger partial charge in [0.15, 0.2) is 17.1 Å². The van der Waals surface area contributed by atoms with Gasteiger partial charge < -0.3 is 14.6 Å². The lowest BCUT2D eigenvalue weighted by atomic mass is 10.1. The third-order valence-electron chi connectivity index (χ3n) is 5.74. The number of anilines is 1. The van der Waals surface area contributed by atoms with E-state index in [1.54, 1.807) is 18.2 Å². The molecule has 2 heterocycles. The summed E-state index contributed by atoms with van der Waals surface area (Å²) in [6.07, 6.45) is 4.84. The van der Waals surface area contributed by atoms with Gasteiger partial charge in [0.2, 0.25) is 5.91 Å². The zero-order chi connectivity index (χ0) is 24.9. The zero-order valence-electron chi connectivity index (χ0n) is 19.4. The Morgan fingerprint density at radius 2 is 2.11 bits per heavy atom. The van der Waals surface area contributed by atoms with Crippen LogP contribution in [0.15, 0.2) is 23.4 Å². The number of benzene rings is 1. The van der Waals surface area contributed by atoms with E-state index in [9.17, 15) is 10.1 Å².